The molecule has 0 bridgehead atoms. The van der Waals surface area contributed by atoms with E-state index < -0.39 is 0 Å². The molecular formula is C18H26N2O2S. The summed E-state index contributed by atoms with van der Waals surface area (Å²) in [5, 5.41) is 6.49. The molecule has 0 fully saturated rings. The van der Waals surface area contributed by atoms with Crippen molar-refractivity contribution >= 4 is 11.3 Å². The fourth-order valence-electron chi connectivity index (χ4n) is 2.01. The quantitative estimate of drug-likeness (QED) is 0.669. The Morgan fingerprint density at radius 3 is 2.74 bits per heavy atom. The fraction of sp³-hybridized carbons (Fsp3) is 0.500. The predicted molar refractivity (Wildman–Crippen MR) is 95.0 cm³/mol. The van der Waals surface area contributed by atoms with Crippen molar-refractivity contribution in [2.45, 2.75) is 46.4 Å². The number of hydrogen-bond donors (Lipinski definition) is 1. The molecule has 126 valence electrons. The van der Waals surface area contributed by atoms with Crippen LogP contribution in [0.5, 0.6) is 5.75 Å². The lowest BCUT2D eigenvalue weighted by molar-refractivity contribution is 0.0770. The van der Waals surface area contributed by atoms with Crippen LogP contribution in [0.2, 0.25) is 0 Å². The van der Waals surface area contributed by atoms with Gasteiger partial charge in [-0.25, -0.2) is 4.98 Å². The van der Waals surface area contributed by atoms with Crippen LogP contribution >= 0.6 is 11.3 Å². The van der Waals surface area contributed by atoms with Gasteiger partial charge in [-0.1, -0.05) is 17.7 Å². The molecule has 0 spiro atoms. The van der Waals surface area contributed by atoms with Crippen LogP contribution in [0.4, 0.5) is 0 Å². The van der Waals surface area contributed by atoms with E-state index in [0.29, 0.717) is 12.7 Å². The Balaban J connectivity index is 1.64. The summed E-state index contributed by atoms with van der Waals surface area (Å²) in [5.41, 5.74) is 2.31. The molecule has 0 saturated heterocycles. The van der Waals surface area contributed by atoms with Gasteiger partial charge in [-0.3, -0.25) is 0 Å². The summed E-state index contributed by atoms with van der Waals surface area (Å²) in [4.78, 5) is 4.59. The molecule has 1 aromatic heterocycles. The number of aromatic nitrogens is 1. The third-order valence-electron chi connectivity index (χ3n) is 3.24. The van der Waals surface area contributed by atoms with Gasteiger partial charge in [-0.15, -0.1) is 11.3 Å². The van der Waals surface area contributed by atoms with Gasteiger partial charge < -0.3 is 14.8 Å². The molecule has 2 rings (SSSR count). The van der Waals surface area contributed by atoms with Crippen LogP contribution in [0.25, 0.3) is 0 Å². The molecule has 1 N–H and O–H groups in total. The Bertz CT molecular complexity index is 567. The van der Waals surface area contributed by atoms with Crippen LogP contribution in [-0.4, -0.2) is 24.2 Å². The maximum atomic E-state index is 5.75. The first-order chi connectivity index (χ1) is 11.1. The molecule has 0 atom stereocenters. The van der Waals surface area contributed by atoms with Gasteiger partial charge in [0, 0.05) is 18.5 Å². The van der Waals surface area contributed by atoms with Crippen LogP contribution in [0.3, 0.4) is 0 Å². The zero-order valence-electron chi connectivity index (χ0n) is 14.2. The van der Waals surface area contributed by atoms with Gasteiger partial charge in [0.1, 0.15) is 17.4 Å². The number of rotatable bonds is 10. The van der Waals surface area contributed by atoms with Crippen molar-refractivity contribution in [1.29, 1.82) is 0 Å². The molecule has 0 unspecified atom stereocenters. The molecule has 5 heteroatoms. The third-order valence-corrected chi connectivity index (χ3v) is 4.11. The van der Waals surface area contributed by atoms with Gasteiger partial charge in [0.25, 0.3) is 0 Å². The van der Waals surface area contributed by atoms with E-state index in [2.05, 4.69) is 48.6 Å². The van der Waals surface area contributed by atoms with E-state index in [1.807, 2.05) is 12.1 Å². The monoisotopic (exact) mass is 334 g/mol. The maximum Gasteiger partial charge on any atom is 0.140 e. The second kappa shape index (κ2) is 9.65. The van der Waals surface area contributed by atoms with E-state index in [9.17, 15) is 0 Å². The summed E-state index contributed by atoms with van der Waals surface area (Å²) in [6, 6.07) is 8.08. The Labute approximate surface area is 142 Å². The number of aryl methyl sites for hydroxylation is 1. The van der Waals surface area contributed by atoms with Crippen molar-refractivity contribution in [3.63, 3.8) is 0 Å². The van der Waals surface area contributed by atoms with E-state index in [4.69, 9.17) is 9.47 Å². The van der Waals surface area contributed by atoms with E-state index in [1.54, 1.807) is 11.3 Å². The van der Waals surface area contributed by atoms with Crippen molar-refractivity contribution in [1.82, 2.24) is 10.3 Å². The molecule has 4 nitrogen and oxygen atoms in total. The average Bonchev–Trinajstić information content (AvgIpc) is 2.98. The minimum atomic E-state index is 0.310. The number of nitrogens with one attached hydrogen (secondary N) is 1. The number of hydrogen-bond acceptors (Lipinski definition) is 5. The zero-order chi connectivity index (χ0) is 16.5. The third kappa shape index (κ3) is 7.12. The Kier molecular flexibility index (Phi) is 7.52. The fourth-order valence-corrected chi connectivity index (χ4v) is 2.71. The standard InChI is InChI=1S/C18H26N2O2S/c1-14(2)21-10-4-9-19-11-16-13-23-18(20-16)12-22-17-7-5-15(3)6-8-17/h5-8,13-14,19H,4,9-12H2,1-3H3. The molecule has 2 aromatic rings. The van der Waals surface area contributed by atoms with Crippen molar-refractivity contribution in [3.8, 4) is 5.75 Å². The maximum absolute atomic E-state index is 5.75. The molecular weight excluding hydrogens is 308 g/mol. The number of benzene rings is 1. The van der Waals surface area contributed by atoms with E-state index in [-0.39, 0.29) is 0 Å². The Morgan fingerprint density at radius 2 is 2.00 bits per heavy atom. The van der Waals surface area contributed by atoms with E-state index >= 15 is 0 Å². The van der Waals surface area contributed by atoms with Gasteiger partial charge in [-0.05, 0) is 45.9 Å². The van der Waals surface area contributed by atoms with Crippen LogP contribution in [0.1, 0.15) is 36.5 Å². The highest BCUT2D eigenvalue weighted by Crippen LogP contribution is 2.16. The molecule has 1 aromatic carbocycles. The normalized spacial score (nSPS) is 11.1. The second-order valence-electron chi connectivity index (χ2n) is 5.78. The van der Waals surface area contributed by atoms with Crippen LogP contribution in [-0.2, 0) is 17.9 Å². The SMILES string of the molecule is Cc1ccc(OCc2nc(CNCCCOC(C)C)cs2)cc1. The van der Waals surface area contributed by atoms with Crippen LogP contribution < -0.4 is 10.1 Å². The lowest BCUT2D eigenvalue weighted by Gasteiger charge is -2.07. The first-order valence-corrected chi connectivity index (χ1v) is 8.96. The Morgan fingerprint density at radius 1 is 1.22 bits per heavy atom. The second-order valence-corrected chi connectivity index (χ2v) is 6.73. The molecule has 0 aliphatic carbocycles. The highest BCUT2D eigenvalue weighted by Gasteiger charge is 2.03. The summed E-state index contributed by atoms with van der Waals surface area (Å²) in [7, 11) is 0. The smallest absolute Gasteiger partial charge is 0.140 e. The van der Waals surface area contributed by atoms with Crippen molar-refractivity contribution in [2.24, 2.45) is 0 Å². The molecule has 0 aliphatic rings. The highest BCUT2D eigenvalue weighted by molar-refractivity contribution is 7.09. The Hall–Kier alpha value is -1.43. The van der Waals surface area contributed by atoms with Crippen molar-refractivity contribution < 1.29 is 9.47 Å². The molecule has 23 heavy (non-hydrogen) atoms. The van der Waals surface area contributed by atoms with Gasteiger partial charge in [0.05, 0.1) is 11.8 Å². The summed E-state index contributed by atoms with van der Waals surface area (Å²) in [6.45, 7) is 9.25. The van der Waals surface area contributed by atoms with Crippen molar-refractivity contribution in [3.05, 3.63) is 45.9 Å². The average molecular weight is 334 g/mol. The first-order valence-electron chi connectivity index (χ1n) is 8.08. The van der Waals surface area contributed by atoms with E-state index in [0.717, 1.165) is 42.6 Å². The van der Waals surface area contributed by atoms with E-state index in [1.165, 1.54) is 5.56 Å². The highest BCUT2D eigenvalue weighted by atomic mass is 32.1. The topological polar surface area (TPSA) is 43.4 Å². The molecule has 1 heterocycles. The summed E-state index contributed by atoms with van der Waals surface area (Å²) in [6.07, 6.45) is 1.33. The minimum Gasteiger partial charge on any atom is -0.486 e. The van der Waals surface area contributed by atoms with Gasteiger partial charge in [0.2, 0.25) is 0 Å². The van der Waals surface area contributed by atoms with Gasteiger partial charge >= 0.3 is 0 Å². The lowest BCUT2D eigenvalue weighted by atomic mass is 10.2. The number of thiazole rings is 1. The number of nitrogens with zero attached hydrogens (tertiary/aromatic N) is 1. The molecule has 0 saturated carbocycles. The van der Waals surface area contributed by atoms with Gasteiger partial charge in [-0.2, -0.15) is 0 Å². The minimum absolute atomic E-state index is 0.310. The molecule has 0 radical (unpaired) electrons. The zero-order valence-corrected chi connectivity index (χ0v) is 15.0. The van der Waals surface area contributed by atoms with Crippen molar-refractivity contribution in [2.75, 3.05) is 13.2 Å². The summed E-state index contributed by atoms with van der Waals surface area (Å²) >= 11 is 1.64. The number of ether oxygens (including phenoxy) is 2. The summed E-state index contributed by atoms with van der Waals surface area (Å²) in [5.74, 6) is 0.885. The van der Waals surface area contributed by atoms with Crippen LogP contribution in [0.15, 0.2) is 29.6 Å². The first kappa shape index (κ1) is 17.9. The molecule has 0 aliphatic heterocycles. The largest absolute Gasteiger partial charge is 0.486 e. The van der Waals surface area contributed by atoms with Gasteiger partial charge in [0.15, 0.2) is 0 Å². The molecule has 0 amide bonds. The lowest BCUT2D eigenvalue weighted by Crippen LogP contribution is -2.17. The van der Waals surface area contributed by atoms with Crippen LogP contribution in [0, 0.1) is 6.92 Å². The summed E-state index contributed by atoms with van der Waals surface area (Å²) < 4.78 is 11.3. The predicted octanol–water partition coefficient (Wildman–Crippen LogP) is 3.94.